The van der Waals surface area contributed by atoms with Gasteiger partial charge in [-0.2, -0.15) is 0 Å². The maximum atomic E-state index is 12.3. The Morgan fingerprint density at radius 3 is 2.42 bits per heavy atom. The Labute approximate surface area is 142 Å². The van der Waals surface area contributed by atoms with Gasteiger partial charge in [-0.05, 0) is 39.8 Å². The minimum atomic E-state index is -1.12. The predicted molar refractivity (Wildman–Crippen MR) is 88.4 cm³/mol. The van der Waals surface area contributed by atoms with Crippen LogP contribution in [0.1, 0.15) is 33.3 Å². The lowest BCUT2D eigenvalue weighted by atomic mass is 10.1. The van der Waals surface area contributed by atoms with Crippen molar-refractivity contribution in [3.05, 3.63) is 23.8 Å². The maximum Gasteiger partial charge on any atom is 0.411 e. The number of methoxy groups -OCH3 is 1. The van der Waals surface area contributed by atoms with E-state index in [4.69, 9.17) is 19.3 Å². The number of carbonyl (C=O) groups is 2. The van der Waals surface area contributed by atoms with E-state index in [2.05, 4.69) is 0 Å². The summed E-state index contributed by atoms with van der Waals surface area (Å²) in [6, 6.07) is 5.17. The minimum absolute atomic E-state index is 0.0561. The zero-order valence-electron chi connectivity index (χ0n) is 14.8. The molecule has 0 fully saturated rings. The third-order valence-corrected chi connectivity index (χ3v) is 2.91. The van der Waals surface area contributed by atoms with Crippen LogP contribution in [0.4, 0.5) is 4.79 Å². The average Bonchev–Trinajstić information content (AvgIpc) is 2.46. The van der Waals surface area contributed by atoms with Crippen molar-refractivity contribution in [2.75, 3.05) is 20.3 Å². The van der Waals surface area contributed by atoms with Crippen LogP contribution in [-0.2, 0) is 16.1 Å². The van der Waals surface area contributed by atoms with Crippen molar-refractivity contribution >= 4 is 12.1 Å². The van der Waals surface area contributed by atoms with E-state index in [1.165, 1.54) is 0 Å². The third-order valence-electron chi connectivity index (χ3n) is 2.91. The van der Waals surface area contributed by atoms with Crippen LogP contribution in [0, 0.1) is 0 Å². The lowest BCUT2D eigenvalue weighted by Crippen LogP contribution is -2.39. The van der Waals surface area contributed by atoms with Crippen LogP contribution < -0.4 is 9.47 Å². The fourth-order valence-electron chi connectivity index (χ4n) is 1.96. The number of aliphatic carboxylic acids is 1. The standard InChI is InChI=1S/C17H25NO6/c1-6-23-14-9-13(22-5)8-7-12(14)10-18(11-15(19)20)16(21)24-17(2,3)4/h7-9H,6,10-11H2,1-5H3,(H,19,20). The number of amides is 1. The number of carbonyl (C=O) groups excluding carboxylic acids is 1. The molecule has 1 aromatic rings. The fraction of sp³-hybridized carbons (Fsp3) is 0.529. The summed E-state index contributed by atoms with van der Waals surface area (Å²) in [5.41, 5.74) is -0.0407. The van der Waals surface area contributed by atoms with Crippen molar-refractivity contribution in [1.29, 1.82) is 0 Å². The molecule has 24 heavy (non-hydrogen) atoms. The van der Waals surface area contributed by atoms with E-state index in [1.54, 1.807) is 46.1 Å². The normalized spacial score (nSPS) is 10.9. The third kappa shape index (κ3) is 6.36. The highest BCUT2D eigenvalue weighted by atomic mass is 16.6. The Balaban J connectivity index is 3.05. The number of carboxylic acid groups (broad SMARTS) is 1. The van der Waals surface area contributed by atoms with Crippen molar-refractivity contribution in [2.24, 2.45) is 0 Å². The smallest absolute Gasteiger partial charge is 0.411 e. The molecule has 0 aliphatic rings. The van der Waals surface area contributed by atoms with Crippen LogP contribution in [0.2, 0.25) is 0 Å². The zero-order chi connectivity index (χ0) is 18.3. The van der Waals surface area contributed by atoms with Gasteiger partial charge in [-0.25, -0.2) is 4.79 Å². The molecule has 7 heteroatoms. The van der Waals surface area contributed by atoms with Crippen LogP contribution in [0.3, 0.4) is 0 Å². The first-order valence-corrected chi connectivity index (χ1v) is 7.65. The van der Waals surface area contributed by atoms with E-state index < -0.39 is 24.2 Å². The minimum Gasteiger partial charge on any atom is -0.497 e. The Morgan fingerprint density at radius 2 is 1.92 bits per heavy atom. The van der Waals surface area contributed by atoms with Gasteiger partial charge in [0.15, 0.2) is 0 Å². The molecule has 0 spiro atoms. The molecule has 1 aromatic carbocycles. The number of benzene rings is 1. The van der Waals surface area contributed by atoms with Gasteiger partial charge >= 0.3 is 12.1 Å². The second-order valence-electron chi connectivity index (χ2n) is 6.14. The van der Waals surface area contributed by atoms with Gasteiger partial charge in [0, 0.05) is 11.6 Å². The van der Waals surface area contributed by atoms with Crippen LogP contribution >= 0.6 is 0 Å². The summed E-state index contributed by atoms with van der Waals surface area (Å²) >= 11 is 0. The second-order valence-corrected chi connectivity index (χ2v) is 6.14. The Hall–Kier alpha value is -2.44. The Kier molecular flexibility index (Phi) is 6.88. The van der Waals surface area contributed by atoms with Gasteiger partial charge in [-0.3, -0.25) is 9.69 Å². The number of carboxylic acids is 1. The zero-order valence-corrected chi connectivity index (χ0v) is 14.8. The van der Waals surface area contributed by atoms with Crippen LogP contribution in [0.25, 0.3) is 0 Å². The lowest BCUT2D eigenvalue weighted by Gasteiger charge is -2.27. The van der Waals surface area contributed by atoms with Gasteiger partial charge in [0.05, 0.1) is 20.3 Å². The number of rotatable bonds is 7. The SMILES string of the molecule is CCOc1cc(OC)ccc1CN(CC(=O)O)C(=O)OC(C)(C)C. The molecule has 0 radical (unpaired) electrons. The molecule has 0 saturated carbocycles. The van der Waals surface area contributed by atoms with Gasteiger partial charge in [0.25, 0.3) is 0 Å². The van der Waals surface area contributed by atoms with Gasteiger partial charge in [-0.15, -0.1) is 0 Å². The van der Waals surface area contributed by atoms with E-state index >= 15 is 0 Å². The fourth-order valence-corrected chi connectivity index (χ4v) is 1.96. The van der Waals surface area contributed by atoms with Crippen molar-refractivity contribution in [1.82, 2.24) is 4.90 Å². The van der Waals surface area contributed by atoms with Crippen LogP contribution in [-0.4, -0.2) is 47.9 Å². The van der Waals surface area contributed by atoms with E-state index in [0.717, 1.165) is 4.90 Å². The molecule has 0 unspecified atom stereocenters. The molecule has 0 aliphatic heterocycles. The van der Waals surface area contributed by atoms with Crippen molar-refractivity contribution in [2.45, 2.75) is 39.8 Å². The van der Waals surface area contributed by atoms with Crippen LogP contribution in [0.15, 0.2) is 18.2 Å². The summed E-state index contributed by atoms with van der Waals surface area (Å²) in [6.07, 6.45) is -0.692. The molecule has 0 bridgehead atoms. The first kappa shape index (κ1) is 19.6. The lowest BCUT2D eigenvalue weighted by molar-refractivity contribution is -0.138. The molecule has 134 valence electrons. The number of nitrogens with zero attached hydrogens (tertiary/aromatic N) is 1. The molecular formula is C17H25NO6. The first-order valence-electron chi connectivity index (χ1n) is 7.65. The predicted octanol–water partition coefficient (Wildman–Crippen LogP) is 2.92. The van der Waals surface area contributed by atoms with Crippen LogP contribution in [0.5, 0.6) is 11.5 Å². The summed E-state index contributed by atoms with van der Waals surface area (Å²) < 4.78 is 16.0. The summed E-state index contributed by atoms with van der Waals surface area (Å²) in [4.78, 5) is 24.5. The van der Waals surface area contributed by atoms with Gasteiger partial charge in [0.1, 0.15) is 23.6 Å². The molecule has 0 atom stereocenters. The number of hydrogen-bond donors (Lipinski definition) is 1. The molecule has 7 nitrogen and oxygen atoms in total. The quantitative estimate of drug-likeness (QED) is 0.822. The highest BCUT2D eigenvalue weighted by Crippen LogP contribution is 2.26. The molecule has 1 rings (SSSR count). The first-order chi connectivity index (χ1) is 11.2. The highest BCUT2D eigenvalue weighted by molar-refractivity contribution is 5.77. The summed E-state index contributed by atoms with van der Waals surface area (Å²) in [5, 5.41) is 9.06. The Morgan fingerprint density at radius 1 is 1.25 bits per heavy atom. The van der Waals surface area contributed by atoms with E-state index in [1.807, 2.05) is 6.92 Å². The molecule has 0 aromatic heterocycles. The summed E-state index contributed by atoms with van der Waals surface area (Å²) in [7, 11) is 1.54. The van der Waals surface area contributed by atoms with Gasteiger partial charge < -0.3 is 19.3 Å². The molecule has 0 aliphatic carbocycles. The highest BCUT2D eigenvalue weighted by Gasteiger charge is 2.25. The van der Waals surface area contributed by atoms with E-state index in [-0.39, 0.29) is 6.54 Å². The largest absolute Gasteiger partial charge is 0.497 e. The summed E-state index contributed by atoms with van der Waals surface area (Å²) in [6.45, 7) is 7.04. The average molecular weight is 339 g/mol. The molecule has 0 heterocycles. The molecule has 0 saturated heterocycles. The van der Waals surface area contributed by atoms with Crippen molar-refractivity contribution in [3.8, 4) is 11.5 Å². The number of hydrogen-bond acceptors (Lipinski definition) is 5. The van der Waals surface area contributed by atoms with Crippen molar-refractivity contribution in [3.63, 3.8) is 0 Å². The molecular weight excluding hydrogens is 314 g/mol. The topological polar surface area (TPSA) is 85.3 Å². The maximum absolute atomic E-state index is 12.3. The molecule has 1 amide bonds. The number of ether oxygens (including phenoxy) is 3. The van der Waals surface area contributed by atoms with E-state index in [0.29, 0.717) is 23.7 Å². The second kappa shape index (κ2) is 8.42. The van der Waals surface area contributed by atoms with Gasteiger partial charge in [0.2, 0.25) is 0 Å². The van der Waals surface area contributed by atoms with Crippen molar-refractivity contribution < 1.29 is 28.9 Å². The Bertz CT molecular complexity index is 579. The van der Waals surface area contributed by atoms with Gasteiger partial charge in [-0.1, -0.05) is 0 Å². The van der Waals surface area contributed by atoms with E-state index in [9.17, 15) is 9.59 Å². The monoisotopic (exact) mass is 339 g/mol. The summed E-state index contributed by atoms with van der Waals surface area (Å²) in [5.74, 6) is 0.0346. The molecule has 1 N–H and O–H groups in total.